The number of carbonyl (C=O) groups is 1. The fraction of sp³-hybridized carbons (Fsp3) is 0.381. The Morgan fingerprint density at radius 1 is 1.00 bits per heavy atom. The predicted molar refractivity (Wildman–Crippen MR) is 102 cm³/mol. The van der Waals surface area contributed by atoms with Crippen molar-refractivity contribution in [2.24, 2.45) is 0 Å². The Morgan fingerprint density at radius 3 is 2.35 bits per heavy atom. The number of methoxy groups -OCH3 is 1. The molecule has 1 amide bonds. The molecule has 0 unspecified atom stereocenters. The molecule has 3 rings (SSSR count). The van der Waals surface area contributed by atoms with E-state index in [0.29, 0.717) is 17.9 Å². The number of carbonyl (C=O) groups excluding carboxylic acids is 1. The second-order valence-corrected chi connectivity index (χ2v) is 6.35. The van der Waals surface area contributed by atoms with Gasteiger partial charge < -0.3 is 14.4 Å². The molecular formula is C21H26N2O3. The van der Waals surface area contributed by atoms with Crippen LogP contribution in [0.4, 0.5) is 0 Å². The second-order valence-electron chi connectivity index (χ2n) is 6.35. The highest BCUT2D eigenvalue weighted by Crippen LogP contribution is 2.20. The van der Waals surface area contributed by atoms with Crippen LogP contribution in [0.1, 0.15) is 22.8 Å². The standard InChI is InChI=1S/C21H26N2O3/c1-3-26-18-10-8-17(9-11-18)16-22-12-14-23(15-13-22)21(24)19-6-4-5-7-20(19)25-2/h4-11H,3,12-16H2,1-2H3. The van der Waals surface area contributed by atoms with Gasteiger partial charge in [-0.1, -0.05) is 24.3 Å². The first-order chi connectivity index (χ1) is 12.7. The van der Waals surface area contributed by atoms with E-state index < -0.39 is 0 Å². The number of piperazine rings is 1. The topological polar surface area (TPSA) is 42.0 Å². The van der Waals surface area contributed by atoms with Gasteiger partial charge in [-0.2, -0.15) is 0 Å². The first-order valence-corrected chi connectivity index (χ1v) is 9.07. The molecule has 5 heteroatoms. The van der Waals surface area contributed by atoms with Crippen LogP contribution >= 0.6 is 0 Å². The van der Waals surface area contributed by atoms with Crippen LogP contribution in [-0.4, -0.2) is 55.6 Å². The first kappa shape index (κ1) is 18.3. The van der Waals surface area contributed by atoms with Gasteiger partial charge in [0.25, 0.3) is 5.91 Å². The Labute approximate surface area is 155 Å². The molecular weight excluding hydrogens is 328 g/mol. The van der Waals surface area contributed by atoms with Crippen molar-refractivity contribution >= 4 is 5.91 Å². The van der Waals surface area contributed by atoms with E-state index in [2.05, 4.69) is 17.0 Å². The molecule has 0 spiro atoms. The largest absolute Gasteiger partial charge is 0.496 e. The number of ether oxygens (including phenoxy) is 2. The molecule has 0 atom stereocenters. The fourth-order valence-electron chi connectivity index (χ4n) is 3.22. The summed E-state index contributed by atoms with van der Waals surface area (Å²) in [6, 6.07) is 15.7. The molecule has 26 heavy (non-hydrogen) atoms. The molecule has 1 saturated heterocycles. The lowest BCUT2D eigenvalue weighted by Gasteiger charge is -2.35. The van der Waals surface area contributed by atoms with E-state index in [4.69, 9.17) is 9.47 Å². The summed E-state index contributed by atoms with van der Waals surface area (Å²) in [5.74, 6) is 1.58. The number of hydrogen-bond acceptors (Lipinski definition) is 4. The summed E-state index contributed by atoms with van der Waals surface area (Å²) in [6.07, 6.45) is 0. The average molecular weight is 354 g/mol. The van der Waals surface area contributed by atoms with Crippen molar-refractivity contribution < 1.29 is 14.3 Å². The molecule has 0 aliphatic carbocycles. The summed E-state index contributed by atoms with van der Waals surface area (Å²) >= 11 is 0. The van der Waals surface area contributed by atoms with Crippen molar-refractivity contribution in [3.05, 3.63) is 59.7 Å². The van der Waals surface area contributed by atoms with Gasteiger partial charge in [0, 0.05) is 32.7 Å². The van der Waals surface area contributed by atoms with Crippen molar-refractivity contribution in [2.75, 3.05) is 39.9 Å². The zero-order valence-electron chi connectivity index (χ0n) is 15.5. The van der Waals surface area contributed by atoms with Gasteiger partial charge in [0.2, 0.25) is 0 Å². The van der Waals surface area contributed by atoms with Crippen LogP contribution in [0.15, 0.2) is 48.5 Å². The fourth-order valence-corrected chi connectivity index (χ4v) is 3.22. The smallest absolute Gasteiger partial charge is 0.257 e. The second kappa shape index (κ2) is 8.72. The Kier molecular flexibility index (Phi) is 6.12. The number of nitrogens with zero attached hydrogens (tertiary/aromatic N) is 2. The van der Waals surface area contributed by atoms with Gasteiger partial charge >= 0.3 is 0 Å². The molecule has 0 saturated carbocycles. The Hall–Kier alpha value is -2.53. The molecule has 0 radical (unpaired) electrons. The number of rotatable bonds is 6. The molecule has 1 aliphatic rings. The number of benzene rings is 2. The van der Waals surface area contributed by atoms with E-state index in [0.717, 1.165) is 38.5 Å². The van der Waals surface area contributed by atoms with Gasteiger partial charge in [-0.15, -0.1) is 0 Å². The van der Waals surface area contributed by atoms with Crippen LogP contribution < -0.4 is 9.47 Å². The lowest BCUT2D eigenvalue weighted by atomic mass is 10.1. The summed E-state index contributed by atoms with van der Waals surface area (Å²) in [5, 5.41) is 0. The minimum atomic E-state index is 0.0446. The van der Waals surface area contributed by atoms with Crippen LogP contribution in [-0.2, 0) is 6.54 Å². The monoisotopic (exact) mass is 354 g/mol. The third-order valence-electron chi connectivity index (χ3n) is 4.64. The predicted octanol–water partition coefficient (Wildman–Crippen LogP) is 3.05. The van der Waals surface area contributed by atoms with Crippen molar-refractivity contribution in [1.82, 2.24) is 9.80 Å². The zero-order chi connectivity index (χ0) is 18.4. The Bertz CT molecular complexity index is 722. The van der Waals surface area contributed by atoms with Crippen molar-refractivity contribution in [3.8, 4) is 11.5 Å². The van der Waals surface area contributed by atoms with E-state index >= 15 is 0 Å². The lowest BCUT2D eigenvalue weighted by Crippen LogP contribution is -2.48. The molecule has 1 aliphatic heterocycles. The summed E-state index contributed by atoms with van der Waals surface area (Å²) in [4.78, 5) is 17.0. The van der Waals surface area contributed by atoms with E-state index in [1.165, 1.54) is 5.56 Å². The van der Waals surface area contributed by atoms with Crippen molar-refractivity contribution in [2.45, 2.75) is 13.5 Å². The van der Waals surface area contributed by atoms with Gasteiger partial charge in [0.1, 0.15) is 11.5 Å². The van der Waals surface area contributed by atoms with Gasteiger partial charge in [0.15, 0.2) is 0 Å². The summed E-state index contributed by atoms with van der Waals surface area (Å²) in [5.41, 5.74) is 1.90. The number of hydrogen-bond donors (Lipinski definition) is 0. The van der Waals surface area contributed by atoms with Crippen LogP contribution in [0.3, 0.4) is 0 Å². The molecule has 2 aromatic rings. The average Bonchev–Trinajstić information content (AvgIpc) is 2.70. The maximum Gasteiger partial charge on any atom is 0.257 e. The van der Waals surface area contributed by atoms with E-state index in [1.54, 1.807) is 7.11 Å². The highest BCUT2D eigenvalue weighted by molar-refractivity contribution is 5.97. The summed E-state index contributed by atoms with van der Waals surface area (Å²) in [6.45, 7) is 6.76. The van der Waals surface area contributed by atoms with E-state index in [1.807, 2.05) is 48.2 Å². The first-order valence-electron chi connectivity index (χ1n) is 9.07. The molecule has 0 bridgehead atoms. The minimum Gasteiger partial charge on any atom is -0.496 e. The van der Waals surface area contributed by atoms with Crippen LogP contribution in [0.5, 0.6) is 11.5 Å². The maximum absolute atomic E-state index is 12.8. The van der Waals surface area contributed by atoms with Gasteiger partial charge in [-0.3, -0.25) is 9.69 Å². The lowest BCUT2D eigenvalue weighted by molar-refractivity contribution is 0.0625. The quantitative estimate of drug-likeness (QED) is 0.800. The van der Waals surface area contributed by atoms with Crippen molar-refractivity contribution in [3.63, 3.8) is 0 Å². The molecule has 1 heterocycles. The van der Waals surface area contributed by atoms with Crippen molar-refractivity contribution in [1.29, 1.82) is 0 Å². The summed E-state index contributed by atoms with van der Waals surface area (Å²) < 4.78 is 10.8. The molecule has 5 nitrogen and oxygen atoms in total. The highest BCUT2D eigenvalue weighted by atomic mass is 16.5. The maximum atomic E-state index is 12.8. The van der Waals surface area contributed by atoms with Gasteiger partial charge in [0.05, 0.1) is 19.3 Å². The number of amides is 1. The normalized spacial score (nSPS) is 14.9. The van der Waals surface area contributed by atoms with E-state index in [-0.39, 0.29) is 5.91 Å². The third kappa shape index (κ3) is 4.35. The summed E-state index contributed by atoms with van der Waals surface area (Å²) in [7, 11) is 1.60. The Morgan fingerprint density at radius 2 is 1.69 bits per heavy atom. The zero-order valence-corrected chi connectivity index (χ0v) is 15.5. The molecule has 0 N–H and O–H groups in total. The van der Waals surface area contributed by atoms with Crippen LogP contribution in [0, 0.1) is 0 Å². The van der Waals surface area contributed by atoms with E-state index in [9.17, 15) is 4.79 Å². The highest BCUT2D eigenvalue weighted by Gasteiger charge is 2.24. The molecule has 1 fully saturated rings. The number of para-hydroxylation sites is 1. The molecule has 2 aromatic carbocycles. The minimum absolute atomic E-state index is 0.0446. The molecule has 0 aromatic heterocycles. The van der Waals surface area contributed by atoms with Crippen LogP contribution in [0.2, 0.25) is 0 Å². The van der Waals surface area contributed by atoms with Gasteiger partial charge in [-0.05, 0) is 36.8 Å². The molecule has 138 valence electrons. The van der Waals surface area contributed by atoms with Gasteiger partial charge in [-0.25, -0.2) is 0 Å². The SMILES string of the molecule is CCOc1ccc(CN2CCN(C(=O)c3ccccc3OC)CC2)cc1. The Balaban J connectivity index is 1.54. The van der Waals surface area contributed by atoms with Crippen LogP contribution in [0.25, 0.3) is 0 Å². The third-order valence-corrected chi connectivity index (χ3v) is 4.64.